The number of aromatic nitrogens is 2. The summed E-state index contributed by atoms with van der Waals surface area (Å²) in [5.74, 6) is -0.336. The molecule has 0 spiro atoms. The van der Waals surface area contributed by atoms with Gasteiger partial charge in [0.15, 0.2) is 21.5 Å². The minimum Gasteiger partial charge on any atom is -0.366 e. The van der Waals surface area contributed by atoms with Gasteiger partial charge in [-0.25, -0.2) is 17.8 Å². The Morgan fingerprint density at radius 3 is 2.53 bits per heavy atom. The molecule has 0 aromatic carbocycles. The maximum atomic E-state index is 13.5. The van der Waals surface area contributed by atoms with E-state index in [1.165, 1.54) is 0 Å². The monoisotopic (exact) mass is 290 g/mol. The van der Waals surface area contributed by atoms with Gasteiger partial charge in [0, 0.05) is 19.3 Å². The van der Waals surface area contributed by atoms with Crippen molar-refractivity contribution in [1.82, 2.24) is 9.97 Å². The molecule has 1 rings (SSSR count). The van der Waals surface area contributed by atoms with E-state index >= 15 is 0 Å². The van der Waals surface area contributed by atoms with Gasteiger partial charge in [-0.05, 0) is 20.8 Å². The lowest BCUT2D eigenvalue weighted by molar-refractivity contribution is 0.557. The minimum atomic E-state index is -3.25. The molecule has 0 bridgehead atoms. The number of nitrogens with one attached hydrogen (secondary N) is 2. The van der Waals surface area contributed by atoms with Crippen molar-refractivity contribution < 1.29 is 12.8 Å². The van der Waals surface area contributed by atoms with Crippen molar-refractivity contribution in [2.24, 2.45) is 0 Å². The lowest BCUT2D eigenvalue weighted by Gasteiger charge is -2.23. The molecule has 0 aliphatic rings. The minimum absolute atomic E-state index is 0.0114. The second-order valence-corrected chi connectivity index (χ2v) is 7.46. The molecular formula is C11H19FN4O2S. The highest BCUT2D eigenvalue weighted by Crippen LogP contribution is 2.18. The van der Waals surface area contributed by atoms with E-state index in [9.17, 15) is 12.8 Å². The molecular weight excluding hydrogens is 271 g/mol. The Bertz CT molecular complexity index is 546. The zero-order valence-corrected chi connectivity index (χ0v) is 12.3. The van der Waals surface area contributed by atoms with Crippen LogP contribution in [-0.4, -0.2) is 42.5 Å². The van der Waals surface area contributed by atoms with Gasteiger partial charge in [-0.1, -0.05) is 0 Å². The van der Waals surface area contributed by atoms with Gasteiger partial charge in [-0.2, -0.15) is 4.98 Å². The highest BCUT2D eigenvalue weighted by atomic mass is 32.2. The van der Waals surface area contributed by atoms with E-state index in [0.717, 1.165) is 12.5 Å². The molecule has 1 aromatic rings. The second kappa shape index (κ2) is 5.68. The zero-order valence-electron chi connectivity index (χ0n) is 11.5. The van der Waals surface area contributed by atoms with Crippen molar-refractivity contribution >= 4 is 21.6 Å². The Balaban J connectivity index is 2.86. The molecule has 0 amide bonds. The van der Waals surface area contributed by atoms with Crippen LogP contribution in [0.5, 0.6) is 0 Å². The number of hydrogen-bond acceptors (Lipinski definition) is 6. The van der Waals surface area contributed by atoms with E-state index in [2.05, 4.69) is 20.6 Å². The fourth-order valence-corrected chi connectivity index (χ4v) is 1.50. The van der Waals surface area contributed by atoms with Crippen LogP contribution < -0.4 is 10.6 Å². The Morgan fingerprint density at radius 1 is 1.37 bits per heavy atom. The normalized spacial score (nSPS) is 12.3. The van der Waals surface area contributed by atoms with Crippen LogP contribution in [0.2, 0.25) is 0 Å². The van der Waals surface area contributed by atoms with Crippen LogP contribution in [0.25, 0.3) is 0 Å². The Kier molecular flexibility index (Phi) is 4.67. The van der Waals surface area contributed by atoms with Crippen LogP contribution >= 0.6 is 0 Å². The average molecular weight is 290 g/mol. The second-order valence-electron chi connectivity index (χ2n) is 4.81. The summed E-state index contributed by atoms with van der Waals surface area (Å²) in [5, 5.41) is 5.57. The van der Waals surface area contributed by atoms with Gasteiger partial charge < -0.3 is 10.6 Å². The van der Waals surface area contributed by atoms with Crippen molar-refractivity contribution in [1.29, 1.82) is 0 Å². The molecule has 0 unspecified atom stereocenters. The Labute approximate surface area is 112 Å². The summed E-state index contributed by atoms with van der Waals surface area (Å²) in [4.78, 5) is 7.71. The number of nitrogens with zero attached hydrogens (tertiary/aromatic N) is 2. The summed E-state index contributed by atoms with van der Waals surface area (Å²) in [5.41, 5.74) is 0. The topological polar surface area (TPSA) is 84.0 Å². The molecule has 1 heterocycles. The van der Waals surface area contributed by atoms with Crippen LogP contribution in [0.4, 0.5) is 16.2 Å². The lowest BCUT2D eigenvalue weighted by atomic mass is 10.2. The summed E-state index contributed by atoms with van der Waals surface area (Å²) < 4.78 is 35.6. The zero-order chi connectivity index (χ0) is 14.7. The van der Waals surface area contributed by atoms with Crippen LogP contribution in [0.1, 0.15) is 20.8 Å². The number of hydrogen-bond donors (Lipinski definition) is 2. The molecule has 1 aromatic heterocycles. The highest BCUT2D eigenvalue weighted by molar-refractivity contribution is 7.92. The maximum Gasteiger partial charge on any atom is 0.224 e. The van der Waals surface area contributed by atoms with Gasteiger partial charge in [0.1, 0.15) is 0 Å². The molecule has 0 radical (unpaired) electrons. The third kappa shape index (κ3) is 4.02. The van der Waals surface area contributed by atoms with E-state index in [-0.39, 0.29) is 12.4 Å². The quantitative estimate of drug-likeness (QED) is 0.821. The molecule has 8 heteroatoms. The molecule has 0 fully saturated rings. The molecule has 6 nitrogen and oxygen atoms in total. The molecule has 0 saturated heterocycles. The fraction of sp³-hybridized carbons (Fsp3) is 0.636. The molecule has 19 heavy (non-hydrogen) atoms. The largest absolute Gasteiger partial charge is 0.366 e. The fourth-order valence-electron chi connectivity index (χ4n) is 1.16. The van der Waals surface area contributed by atoms with Gasteiger partial charge in [-0.3, -0.25) is 0 Å². The van der Waals surface area contributed by atoms with E-state index in [4.69, 9.17) is 0 Å². The van der Waals surface area contributed by atoms with Gasteiger partial charge in [0.05, 0.1) is 10.9 Å². The summed E-state index contributed by atoms with van der Waals surface area (Å²) in [6, 6.07) is 0. The summed E-state index contributed by atoms with van der Waals surface area (Å²) >= 11 is 0. The first-order chi connectivity index (χ1) is 8.67. The van der Waals surface area contributed by atoms with Crippen LogP contribution in [0.15, 0.2) is 6.20 Å². The third-order valence-electron chi connectivity index (χ3n) is 2.76. The van der Waals surface area contributed by atoms with E-state index in [1.54, 1.807) is 13.8 Å². The van der Waals surface area contributed by atoms with Gasteiger partial charge in [0.25, 0.3) is 0 Å². The number of rotatable bonds is 6. The van der Waals surface area contributed by atoms with Crippen molar-refractivity contribution in [3.8, 4) is 0 Å². The van der Waals surface area contributed by atoms with Crippen molar-refractivity contribution in [2.75, 3.05) is 30.0 Å². The predicted octanol–water partition coefficient (Wildman–Crippen LogP) is 1.28. The predicted molar refractivity (Wildman–Crippen MR) is 73.6 cm³/mol. The first-order valence-corrected chi connectivity index (χ1v) is 7.76. The first kappa shape index (κ1) is 15.6. The molecule has 2 N–H and O–H groups in total. The summed E-state index contributed by atoms with van der Waals surface area (Å²) in [6.07, 6.45) is 2.19. The Morgan fingerprint density at radius 2 is 2.00 bits per heavy atom. The van der Waals surface area contributed by atoms with E-state index < -0.39 is 20.4 Å². The van der Waals surface area contributed by atoms with Gasteiger partial charge >= 0.3 is 0 Å². The lowest BCUT2D eigenvalue weighted by Crippen LogP contribution is -2.38. The molecule has 0 aliphatic heterocycles. The van der Waals surface area contributed by atoms with Crippen LogP contribution in [0.3, 0.4) is 0 Å². The Hall–Kier alpha value is -1.44. The van der Waals surface area contributed by atoms with E-state index in [0.29, 0.717) is 12.5 Å². The van der Waals surface area contributed by atoms with Crippen molar-refractivity contribution in [3.63, 3.8) is 0 Å². The summed E-state index contributed by atoms with van der Waals surface area (Å²) in [7, 11) is -3.25. The summed E-state index contributed by atoms with van der Waals surface area (Å²) in [6.45, 7) is 5.68. The van der Waals surface area contributed by atoms with Gasteiger partial charge in [0.2, 0.25) is 5.95 Å². The van der Waals surface area contributed by atoms with E-state index in [1.807, 2.05) is 6.92 Å². The van der Waals surface area contributed by atoms with Crippen molar-refractivity contribution in [3.05, 3.63) is 12.0 Å². The molecule has 0 aliphatic carbocycles. The molecule has 0 atom stereocenters. The average Bonchev–Trinajstić information content (AvgIpc) is 2.29. The van der Waals surface area contributed by atoms with Crippen molar-refractivity contribution in [2.45, 2.75) is 25.5 Å². The van der Waals surface area contributed by atoms with Crippen LogP contribution in [-0.2, 0) is 9.84 Å². The smallest absolute Gasteiger partial charge is 0.224 e. The standard InChI is InChI=1S/C11H19FN4O2S/c1-5-13-10-14-6-8(12)9(16-10)15-7-11(2,3)19(4,17)18/h6H,5,7H2,1-4H3,(H2,13,14,15,16). The van der Waals surface area contributed by atoms with Crippen LogP contribution in [0, 0.1) is 5.82 Å². The maximum absolute atomic E-state index is 13.5. The number of sulfone groups is 1. The molecule has 0 saturated carbocycles. The molecule has 108 valence electrons. The van der Waals surface area contributed by atoms with Gasteiger partial charge in [-0.15, -0.1) is 0 Å². The first-order valence-electron chi connectivity index (χ1n) is 5.87. The highest BCUT2D eigenvalue weighted by Gasteiger charge is 2.30. The third-order valence-corrected chi connectivity index (χ3v) is 4.92. The number of anilines is 2. The number of halogens is 1. The SMILES string of the molecule is CCNc1ncc(F)c(NCC(C)(C)S(C)(=O)=O)n1.